The number of carboxylic acids is 1. The van der Waals surface area contributed by atoms with Crippen molar-refractivity contribution in [3.8, 4) is 0 Å². The molecule has 0 saturated carbocycles. The number of carboxylic acid groups (broad SMARTS) is 1. The number of hydrogen-bond acceptors (Lipinski definition) is 3. The van der Waals surface area contributed by atoms with E-state index in [0.29, 0.717) is 6.07 Å². The number of rotatable bonds is 3. The summed E-state index contributed by atoms with van der Waals surface area (Å²) >= 11 is 0. The molecule has 0 unspecified atom stereocenters. The average Bonchev–Trinajstić information content (AvgIpc) is 2.09. The predicted octanol–water partition coefficient (Wildman–Crippen LogP) is 1.50. The standard InChI is InChI=1S/C8H5F2NO4/c9-5-2-1-4(3-6(12)13)7(10)8(5)11(14)15/h1-2H,3H2,(H,12,13). The fraction of sp³-hybridized carbons (Fsp3) is 0.125. The lowest BCUT2D eigenvalue weighted by Crippen LogP contribution is -2.06. The van der Waals surface area contributed by atoms with Crippen LogP contribution in [0.5, 0.6) is 0 Å². The van der Waals surface area contributed by atoms with Gasteiger partial charge >= 0.3 is 11.7 Å². The molecule has 0 bridgehead atoms. The second kappa shape index (κ2) is 3.99. The summed E-state index contributed by atoms with van der Waals surface area (Å²) in [6.45, 7) is 0. The van der Waals surface area contributed by atoms with Crippen LogP contribution in [0.2, 0.25) is 0 Å². The fourth-order valence-electron chi connectivity index (χ4n) is 1.05. The van der Waals surface area contributed by atoms with Crippen molar-refractivity contribution in [2.24, 2.45) is 0 Å². The van der Waals surface area contributed by atoms with E-state index in [2.05, 4.69) is 0 Å². The molecule has 0 aromatic heterocycles. The van der Waals surface area contributed by atoms with Crippen LogP contribution in [0.25, 0.3) is 0 Å². The van der Waals surface area contributed by atoms with E-state index in [4.69, 9.17) is 5.11 Å². The predicted molar refractivity (Wildman–Crippen MR) is 44.4 cm³/mol. The fourth-order valence-corrected chi connectivity index (χ4v) is 1.05. The van der Waals surface area contributed by atoms with Crippen LogP contribution < -0.4 is 0 Å². The zero-order valence-electron chi connectivity index (χ0n) is 7.24. The molecule has 0 atom stereocenters. The largest absolute Gasteiger partial charge is 0.481 e. The summed E-state index contributed by atoms with van der Waals surface area (Å²) in [4.78, 5) is 19.3. The Balaban J connectivity index is 3.28. The Labute approximate surface area is 82.1 Å². The highest BCUT2D eigenvalue weighted by Crippen LogP contribution is 2.24. The molecule has 0 fully saturated rings. The van der Waals surface area contributed by atoms with E-state index in [0.717, 1.165) is 6.07 Å². The first kappa shape index (κ1) is 11.0. The lowest BCUT2D eigenvalue weighted by molar-refractivity contribution is -0.390. The maximum atomic E-state index is 13.2. The van der Waals surface area contributed by atoms with E-state index in [1.54, 1.807) is 0 Å². The van der Waals surface area contributed by atoms with Gasteiger partial charge in [0.05, 0.1) is 11.3 Å². The molecule has 0 radical (unpaired) electrons. The van der Waals surface area contributed by atoms with E-state index in [-0.39, 0.29) is 0 Å². The summed E-state index contributed by atoms with van der Waals surface area (Å²) in [5.41, 5.74) is -1.75. The second-order valence-electron chi connectivity index (χ2n) is 2.70. The van der Waals surface area contributed by atoms with E-state index in [1.165, 1.54) is 0 Å². The molecule has 1 N–H and O–H groups in total. The minimum atomic E-state index is -1.44. The van der Waals surface area contributed by atoms with Crippen molar-refractivity contribution in [3.05, 3.63) is 39.4 Å². The van der Waals surface area contributed by atoms with Gasteiger partial charge in [-0.25, -0.2) is 0 Å². The third-order valence-corrected chi connectivity index (χ3v) is 1.67. The molecule has 0 spiro atoms. The first-order valence-corrected chi connectivity index (χ1v) is 3.76. The van der Waals surface area contributed by atoms with E-state index in [1.807, 2.05) is 0 Å². The van der Waals surface area contributed by atoms with Crippen molar-refractivity contribution in [3.63, 3.8) is 0 Å². The summed E-state index contributed by atoms with van der Waals surface area (Å²) in [6, 6.07) is 1.53. The number of halogens is 2. The smallest absolute Gasteiger partial charge is 0.340 e. The SMILES string of the molecule is O=C(O)Cc1ccc(F)c([N+](=O)[O-])c1F. The van der Waals surface area contributed by atoms with Crippen molar-refractivity contribution in [1.29, 1.82) is 0 Å². The molecule has 1 aromatic carbocycles. The maximum absolute atomic E-state index is 13.2. The first-order valence-electron chi connectivity index (χ1n) is 3.76. The molecule has 7 heteroatoms. The zero-order chi connectivity index (χ0) is 11.6. The zero-order valence-corrected chi connectivity index (χ0v) is 7.24. The van der Waals surface area contributed by atoms with Gasteiger partial charge in [-0.1, -0.05) is 6.07 Å². The number of hydrogen-bond donors (Lipinski definition) is 1. The Hall–Kier alpha value is -2.05. The summed E-state index contributed by atoms with van der Waals surface area (Å²) in [5, 5.41) is 18.6. The lowest BCUT2D eigenvalue weighted by Gasteiger charge is -2.01. The summed E-state index contributed by atoms with van der Waals surface area (Å²) in [6.07, 6.45) is -0.729. The Bertz CT molecular complexity index is 433. The van der Waals surface area contributed by atoms with E-state index in [9.17, 15) is 23.7 Å². The molecular formula is C8H5F2NO4. The molecule has 1 rings (SSSR count). The quantitative estimate of drug-likeness (QED) is 0.614. The van der Waals surface area contributed by atoms with Crippen molar-refractivity contribution in [1.82, 2.24) is 0 Å². The van der Waals surface area contributed by atoms with Crippen LogP contribution in [0.4, 0.5) is 14.5 Å². The normalized spacial score (nSPS) is 10.0. The van der Waals surface area contributed by atoms with Crippen LogP contribution in [0.1, 0.15) is 5.56 Å². The van der Waals surface area contributed by atoms with Crippen molar-refractivity contribution in [2.45, 2.75) is 6.42 Å². The van der Waals surface area contributed by atoms with Gasteiger partial charge in [-0.3, -0.25) is 14.9 Å². The van der Waals surface area contributed by atoms with Gasteiger partial charge in [-0.15, -0.1) is 0 Å². The second-order valence-corrected chi connectivity index (χ2v) is 2.70. The van der Waals surface area contributed by atoms with Crippen LogP contribution in [-0.4, -0.2) is 16.0 Å². The van der Waals surface area contributed by atoms with Gasteiger partial charge in [0.1, 0.15) is 0 Å². The number of nitrogens with zero attached hydrogens (tertiary/aromatic N) is 1. The number of nitro groups is 1. The molecule has 5 nitrogen and oxygen atoms in total. The van der Waals surface area contributed by atoms with Crippen LogP contribution in [0.15, 0.2) is 12.1 Å². The molecule has 0 heterocycles. The molecule has 0 aliphatic rings. The van der Waals surface area contributed by atoms with Crippen molar-refractivity contribution in [2.75, 3.05) is 0 Å². The Morgan fingerprint density at radius 3 is 2.53 bits per heavy atom. The van der Waals surface area contributed by atoms with Crippen molar-refractivity contribution >= 4 is 11.7 Å². The van der Waals surface area contributed by atoms with Gasteiger partial charge in [0.15, 0.2) is 0 Å². The van der Waals surface area contributed by atoms with Gasteiger partial charge in [0.2, 0.25) is 11.6 Å². The molecule has 0 amide bonds. The highest BCUT2D eigenvalue weighted by atomic mass is 19.1. The van der Waals surface area contributed by atoms with Gasteiger partial charge in [0, 0.05) is 5.56 Å². The Morgan fingerprint density at radius 1 is 1.47 bits per heavy atom. The number of carbonyl (C=O) groups is 1. The van der Waals surface area contributed by atoms with Crippen molar-refractivity contribution < 1.29 is 23.6 Å². The number of benzene rings is 1. The minimum absolute atomic E-state index is 0.421. The molecule has 1 aromatic rings. The molecule has 0 aliphatic carbocycles. The number of nitro benzene ring substituents is 1. The van der Waals surface area contributed by atoms with Crippen LogP contribution >= 0.6 is 0 Å². The molecular weight excluding hydrogens is 212 g/mol. The van der Waals surface area contributed by atoms with Gasteiger partial charge in [-0.2, -0.15) is 8.78 Å². The summed E-state index contributed by atoms with van der Waals surface area (Å²) in [5.74, 6) is -4.12. The van der Waals surface area contributed by atoms with Gasteiger partial charge < -0.3 is 5.11 Å². The average molecular weight is 217 g/mol. The number of aliphatic carboxylic acids is 1. The third kappa shape index (κ3) is 2.25. The van der Waals surface area contributed by atoms with Crippen LogP contribution in [0.3, 0.4) is 0 Å². The highest BCUT2D eigenvalue weighted by Gasteiger charge is 2.24. The molecule has 0 saturated heterocycles. The summed E-state index contributed by atoms with van der Waals surface area (Å²) in [7, 11) is 0. The minimum Gasteiger partial charge on any atom is -0.481 e. The topological polar surface area (TPSA) is 80.4 Å². The van der Waals surface area contributed by atoms with Crippen LogP contribution in [-0.2, 0) is 11.2 Å². The molecule has 15 heavy (non-hydrogen) atoms. The Kier molecular flexibility index (Phi) is 2.93. The lowest BCUT2D eigenvalue weighted by atomic mass is 10.1. The molecule has 80 valence electrons. The Morgan fingerprint density at radius 2 is 2.07 bits per heavy atom. The highest BCUT2D eigenvalue weighted by molar-refractivity contribution is 5.70. The van der Waals surface area contributed by atoms with Gasteiger partial charge in [-0.05, 0) is 6.07 Å². The van der Waals surface area contributed by atoms with E-state index >= 15 is 0 Å². The molecule has 0 aliphatic heterocycles. The van der Waals surface area contributed by atoms with Gasteiger partial charge in [0.25, 0.3) is 0 Å². The maximum Gasteiger partial charge on any atom is 0.340 e. The summed E-state index contributed by atoms with van der Waals surface area (Å²) < 4.78 is 26.0. The monoisotopic (exact) mass is 217 g/mol. The first-order chi connectivity index (χ1) is 6.93. The van der Waals surface area contributed by atoms with Crippen LogP contribution in [0, 0.1) is 21.7 Å². The third-order valence-electron chi connectivity index (χ3n) is 1.67. The van der Waals surface area contributed by atoms with E-state index < -0.39 is 40.2 Å².